The molecule has 3 rings (SSSR count). The van der Waals surface area contributed by atoms with Gasteiger partial charge in [-0.2, -0.15) is 0 Å². The van der Waals surface area contributed by atoms with Gasteiger partial charge < -0.3 is 10.1 Å². The van der Waals surface area contributed by atoms with Crippen molar-refractivity contribution in [3.8, 4) is 16.3 Å². The first kappa shape index (κ1) is 16.1. The van der Waals surface area contributed by atoms with Crippen molar-refractivity contribution in [1.82, 2.24) is 15.3 Å². The minimum Gasteiger partial charge on any atom is -0.497 e. The van der Waals surface area contributed by atoms with Crippen LogP contribution in [0.15, 0.2) is 54.9 Å². The zero-order valence-electron chi connectivity index (χ0n) is 13.4. The zero-order chi connectivity index (χ0) is 16.9. The number of pyridine rings is 1. The van der Waals surface area contributed by atoms with Crippen LogP contribution in [0.5, 0.6) is 5.75 Å². The summed E-state index contributed by atoms with van der Waals surface area (Å²) in [6.45, 7) is 1.91. The quantitative estimate of drug-likeness (QED) is 0.770. The van der Waals surface area contributed by atoms with E-state index in [1.165, 1.54) is 11.3 Å². The average Bonchev–Trinajstić information content (AvgIpc) is 3.13. The Labute approximate surface area is 144 Å². The van der Waals surface area contributed by atoms with Gasteiger partial charge in [0.15, 0.2) is 0 Å². The highest BCUT2D eigenvalue weighted by Gasteiger charge is 2.15. The number of thiazole rings is 1. The molecule has 1 N–H and O–H groups in total. The molecule has 0 saturated heterocycles. The highest BCUT2D eigenvalue weighted by molar-refractivity contribution is 7.16. The molecular formula is C18H17N3O2S. The van der Waals surface area contributed by atoms with E-state index < -0.39 is 0 Å². The average molecular weight is 339 g/mol. The van der Waals surface area contributed by atoms with Crippen molar-refractivity contribution in [1.29, 1.82) is 0 Å². The van der Waals surface area contributed by atoms with Crippen LogP contribution in [0.1, 0.15) is 28.3 Å². The summed E-state index contributed by atoms with van der Waals surface area (Å²) in [5, 5.41) is 3.74. The molecule has 1 amide bonds. The van der Waals surface area contributed by atoms with Crippen molar-refractivity contribution >= 4 is 17.2 Å². The molecular weight excluding hydrogens is 322 g/mol. The van der Waals surface area contributed by atoms with Gasteiger partial charge in [0.05, 0.1) is 25.0 Å². The number of aromatic nitrogens is 2. The third-order valence-corrected chi connectivity index (χ3v) is 4.59. The number of amides is 1. The van der Waals surface area contributed by atoms with Crippen molar-refractivity contribution in [3.05, 3.63) is 65.4 Å². The maximum atomic E-state index is 12.4. The van der Waals surface area contributed by atoms with E-state index in [-0.39, 0.29) is 11.9 Å². The van der Waals surface area contributed by atoms with Crippen LogP contribution in [0.25, 0.3) is 10.6 Å². The van der Waals surface area contributed by atoms with Crippen molar-refractivity contribution in [2.75, 3.05) is 7.11 Å². The summed E-state index contributed by atoms with van der Waals surface area (Å²) in [5.74, 6) is 0.642. The van der Waals surface area contributed by atoms with Crippen LogP contribution in [-0.4, -0.2) is 23.0 Å². The van der Waals surface area contributed by atoms with Gasteiger partial charge in [0.1, 0.15) is 15.6 Å². The minimum atomic E-state index is -0.162. The number of ether oxygens (including phenoxy) is 1. The minimum absolute atomic E-state index is 0.148. The first-order valence-electron chi connectivity index (χ1n) is 7.49. The second-order valence-corrected chi connectivity index (χ2v) is 6.24. The topological polar surface area (TPSA) is 64.1 Å². The van der Waals surface area contributed by atoms with Gasteiger partial charge in [0.25, 0.3) is 5.91 Å². The van der Waals surface area contributed by atoms with Crippen LogP contribution in [0, 0.1) is 0 Å². The normalized spacial score (nSPS) is 11.8. The molecule has 0 aliphatic heterocycles. The van der Waals surface area contributed by atoms with E-state index in [1.54, 1.807) is 19.5 Å². The van der Waals surface area contributed by atoms with Crippen molar-refractivity contribution < 1.29 is 9.53 Å². The van der Waals surface area contributed by atoms with Gasteiger partial charge in [-0.15, -0.1) is 11.3 Å². The smallest absolute Gasteiger partial charge is 0.263 e. The summed E-state index contributed by atoms with van der Waals surface area (Å²) in [4.78, 5) is 21.6. The van der Waals surface area contributed by atoms with E-state index in [0.717, 1.165) is 22.0 Å². The number of carbonyl (C=O) groups excluding carboxylic acids is 1. The Kier molecular flexibility index (Phi) is 4.86. The lowest BCUT2D eigenvalue weighted by atomic mass is 10.2. The Morgan fingerprint density at radius 1 is 1.17 bits per heavy atom. The molecule has 2 heterocycles. The molecule has 0 aliphatic rings. The first-order chi connectivity index (χ1) is 11.7. The monoisotopic (exact) mass is 339 g/mol. The summed E-state index contributed by atoms with van der Waals surface area (Å²) >= 11 is 1.36. The maximum absolute atomic E-state index is 12.4. The lowest BCUT2D eigenvalue weighted by Gasteiger charge is -2.11. The highest BCUT2D eigenvalue weighted by atomic mass is 32.1. The first-order valence-corrected chi connectivity index (χ1v) is 8.31. The summed E-state index contributed by atoms with van der Waals surface area (Å²) < 4.78 is 5.15. The summed E-state index contributed by atoms with van der Waals surface area (Å²) in [5.41, 5.74) is 1.78. The van der Waals surface area contributed by atoms with Crippen LogP contribution < -0.4 is 10.1 Å². The van der Waals surface area contributed by atoms with Crippen LogP contribution in [0.3, 0.4) is 0 Å². The Bertz CT molecular complexity index is 816. The molecule has 0 aliphatic carbocycles. The SMILES string of the molecule is COc1ccc(-c2ncc(C(=O)NC(C)c3ccccn3)s2)cc1. The molecule has 0 spiro atoms. The molecule has 0 bridgehead atoms. The van der Waals surface area contributed by atoms with Crippen LogP contribution in [0.4, 0.5) is 0 Å². The van der Waals surface area contributed by atoms with E-state index in [0.29, 0.717) is 4.88 Å². The summed E-state index contributed by atoms with van der Waals surface area (Å²) in [6, 6.07) is 13.1. The third-order valence-electron chi connectivity index (χ3n) is 3.55. The van der Waals surface area contributed by atoms with Gasteiger partial charge in [0, 0.05) is 11.8 Å². The fourth-order valence-corrected chi connectivity index (χ4v) is 3.04. The summed E-state index contributed by atoms with van der Waals surface area (Å²) in [6.07, 6.45) is 3.32. The van der Waals surface area contributed by atoms with Crippen LogP contribution in [0.2, 0.25) is 0 Å². The number of nitrogens with zero attached hydrogens (tertiary/aromatic N) is 2. The van der Waals surface area contributed by atoms with E-state index in [4.69, 9.17) is 4.74 Å². The molecule has 0 radical (unpaired) electrons. The number of nitrogens with one attached hydrogen (secondary N) is 1. The molecule has 24 heavy (non-hydrogen) atoms. The number of rotatable bonds is 5. The van der Waals surface area contributed by atoms with Crippen molar-refractivity contribution in [2.24, 2.45) is 0 Å². The Morgan fingerprint density at radius 2 is 1.96 bits per heavy atom. The Hall–Kier alpha value is -2.73. The molecule has 122 valence electrons. The fraction of sp³-hybridized carbons (Fsp3) is 0.167. The molecule has 2 aromatic heterocycles. The molecule has 3 aromatic rings. The zero-order valence-corrected chi connectivity index (χ0v) is 14.2. The van der Waals surface area contributed by atoms with E-state index >= 15 is 0 Å². The van der Waals surface area contributed by atoms with Crippen LogP contribution in [-0.2, 0) is 0 Å². The standard InChI is InChI=1S/C18H17N3O2S/c1-12(15-5-3-4-10-19-15)21-17(22)16-11-20-18(24-16)13-6-8-14(23-2)9-7-13/h3-12H,1-2H3,(H,21,22). The lowest BCUT2D eigenvalue weighted by Crippen LogP contribution is -2.26. The van der Waals surface area contributed by atoms with E-state index in [9.17, 15) is 4.79 Å². The fourth-order valence-electron chi connectivity index (χ4n) is 2.22. The molecule has 1 atom stereocenters. The van der Waals surface area contributed by atoms with E-state index in [2.05, 4.69) is 15.3 Å². The summed E-state index contributed by atoms with van der Waals surface area (Å²) in [7, 11) is 1.63. The largest absolute Gasteiger partial charge is 0.497 e. The molecule has 0 saturated carbocycles. The van der Waals surface area contributed by atoms with E-state index in [1.807, 2.05) is 49.4 Å². The van der Waals surface area contributed by atoms with Gasteiger partial charge >= 0.3 is 0 Å². The van der Waals surface area contributed by atoms with Crippen molar-refractivity contribution in [3.63, 3.8) is 0 Å². The molecule has 1 aromatic carbocycles. The van der Waals surface area contributed by atoms with Crippen molar-refractivity contribution in [2.45, 2.75) is 13.0 Å². The predicted octanol–water partition coefficient (Wildman–Crippen LogP) is 3.70. The lowest BCUT2D eigenvalue weighted by molar-refractivity contribution is 0.0943. The Balaban J connectivity index is 1.71. The van der Waals surface area contributed by atoms with Gasteiger partial charge in [-0.05, 0) is 43.3 Å². The van der Waals surface area contributed by atoms with Gasteiger partial charge in [0.2, 0.25) is 0 Å². The second-order valence-electron chi connectivity index (χ2n) is 5.21. The molecule has 5 nitrogen and oxygen atoms in total. The third kappa shape index (κ3) is 3.60. The number of hydrogen-bond acceptors (Lipinski definition) is 5. The van der Waals surface area contributed by atoms with Gasteiger partial charge in [-0.3, -0.25) is 9.78 Å². The van der Waals surface area contributed by atoms with Gasteiger partial charge in [-0.1, -0.05) is 6.07 Å². The second kappa shape index (κ2) is 7.23. The molecule has 1 unspecified atom stereocenters. The predicted molar refractivity (Wildman–Crippen MR) is 94.2 cm³/mol. The number of hydrogen-bond donors (Lipinski definition) is 1. The highest BCUT2D eigenvalue weighted by Crippen LogP contribution is 2.27. The number of carbonyl (C=O) groups is 1. The molecule has 0 fully saturated rings. The number of benzene rings is 1. The van der Waals surface area contributed by atoms with Crippen LogP contribution >= 0.6 is 11.3 Å². The van der Waals surface area contributed by atoms with Gasteiger partial charge in [-0.25, -0.2) is 4.98 Å². The molecule has 6 heteroatoms. The number of methoxy groups -OCH3 is 1. The maximum Gasteiger partial charge on any atom is 0.263 e. The Morgan fingerprint density at radius 3 is 2.62 bits per heavy atom.